The van der Waals surface area contributed by atoms with Crippen LogP contribution < -0.4 is 10.0 Å². The van der Waals surface area contributed by atoms with Crippen LogP contribution in [-0.4, -0.2) is 69.2 Å². The quantitative estimate of drug-likeness (QED) is 0.235. The third-order valence-electron chi connectivity index (χ3n) is 8.61. The molecule has 0 bridgehead atoms. The first-order chi connectivity index (χ1) is 22.8. The second kappa shape index (κ2) is 16.9. The average Bonchev–Trinajstić information content (AvgIpc) is 3.07. The topological polar surface area (TPSA) is 108 Å². The van der Waals surface area contributed by atoms with Crippen LogP contribution in [0.1, 0.15) is 65.9 Å². The molecule has 1 saturated heterocycles. The highest BCUT2D eigenvalue weighted by Crippen LogP contribution is 2.32. The summed E-state index contributed by atoms with van der Waals surface area (Å²) in [7, 11) is -3.38. The molecule has 2 aliphatic heterocycles. The van der Waals surface area contributed by atoms with Gasteiger partial charge < -0.3 is 19.9 Å². The van der Waals surface area contributed by atoms with Gasteiger partial charge in [0.1, 0.15) is 12.0 Å². The summed E-state index contributed by atoms with van der Waals surface area (Å²) < 4.78 is 32.9. The molecule has 5 rings (SSSR count). The number of hydrogen-bond donors (Lipinski definition) is 2. The monoisotopic (exact) mass is 678 g/mol. The molecule has 0 atom stereocenters. The van der Waals surface area contributed by atoms with E-state index < -0.39 is 10.0 Å². The van der Waals surface area contributed by atoms with Crippen LogP contribution in [0.5, 0.6) is 0 Å². The van der Waals surface area contributed by atoms with Gasteiger partial charge in [-0.3, -0.25) is 9.59 Å². The summed E-state index contributed by atoms with van der Waals surface area (Å²) in [5, 5.41) is 3.58. The number of hydrogen-bond acceptors (Lipinski definition) is 7. The van der Waals surface area contributed by atoms with Crippen molar-refractivity contribution in [2.24, 2.45) is 0 Å². The number of amides is 1. The van der Waals surface area contributed by atoms with Gasteiger partial charge in [0.05, 0.1) is 5.75 Å². The maximum absolute atomic E-state index is 13.2. The van der Waals surface area contributed by atoms with Gasteiger partial charge in [-0.05, 0) is 74.0 Å². The second-order valence-corrected chi connectivity index (χ2v) is 14.4. The molecule has 11 heteroatoms. The molecule has 0 unspecified atom stereocenters. The zero-order valence-electron chi connectivity index (χ0n) is 26.6. The van der Waals surface area contributed by atoms with E-state index in [9.17, 15) is 18.0 Å². The fraction of sp³-hybridized carbons (Fsp3) is 0.389. The fourth-order valence-electron chi connectivity index (χ4n) is 6.05. The Balaban J connectivity index is 1.03. The van der Waals surface area contributed by atoms with Crippen LogP contribution in [0.15, 0.2) is 96.8 Å². The van der Waals surface area contributed by atoms with Gasteiger partial charge in [0.25, 0.3) is 5.91 Å². The molecule has 2 heterocycles. The Kier molecular flexibility index (Phi) is 12.5. The first-order valence-corrected chi connectivity index (χ1v) is 18.3. The summed E-state index contributed by atoms with van der Waals surface area (Å²) in [4.78, 5) is 29.6. The Morgan fingerprint density at radius 2 is 1.79 bits per heavy atom. The number of ether oxygens (including phenoxy) is 1. The summed E-state index contributed by atoms with van der Waals surface area (Å²) in [5.74, 6) is 0.899. The Bertz CT molecular complexity index is 1630. The summed E-state index contributed by atoms with van der Waals surface area (Å²) >= 11 is 6.32. The van der Waals surface area contributed by atoms with Crippen LogP contribution in [0.25, 0.3) is 0 Å². The third kappa shape index (κ3) is 10.7. The standard InChI is InChI=1S/C36H43ClN4O5S/c37-31-12-13-33(34(25-31)36(43)38-16-5-2-6-17-39-47(44,45)27-28-8-3-1-4-9-28)29-14-18-40(19-15-29)20-21-41-22-23-46-35(26-41)30-10-7-11-32(42)24-30/h1,3-4,7-13,22-23,25-26,29,39H,2,5-6,14-21,24,27H2,(H,38,43). The number of sulfonamides is 1. The molecule has 1 fully saturated rings. The van der Waals surface area contributed by atoms with Crippen molar-refractivity contribution in [3.63, 3.8) is 0 Å². The molecule has 3 aliphatic rings. The lowest BCUT2D eigenvalue weighted by molar-refractivity contribution is -0.114. The van der Waals surface area contributed by atoms with Crippen LogP contribution in [0.2, 0.25) is 5.02 Å². The molecular formula is C36H43ClN4O5S. The molecule has 2 aromatic carbocycles. The fourth-order valence-corrected chi connectivity index (χ4v) is 7.41. The number of benzene rings is 2. The lowest BCUT2D eigenvalue weighted by Crippen LogP contribution is -2.38. The Morgan fingerprint density at radius 3 is 2.57 bits per heavy atom. The Labute approximate surface area is 283 Å². The lowest BCUT2D eigenvalue weighted by Gasteiger charge is -2.34. The molecule has 9 nitrogen and oxygen atoms in total. The van der Waals surface area contributed by atoms with Crippen molar-refractivity contribution in [2.45, 2.75) is 50.2 Å². The Hall–Kier alpha value is -3.70. The van der Waals surface area contributed by atoms with E-state index >= 15 is 0 Å². The molecule has 2 aromatic rings. The van der Waals surface area contributed by atoms with Gasteiger partial charge in [-0.1, -0.05) is 66.6 Å². The van der Waals surface area contributed by atoms with Gasteiger partial charge in [-0.25, -0.2) is 13.1 Å². The minimum absolute atomic E-state index is 0.0306. The summed E-state index contributed by atoms with van der Waals surface area (Å²) in [6.07, 6.45) is 15.3. The Morgan fingerprint density at radius 1 is 1.00 bits per heavy atom. The largest absolute Gasteiger partial charge is 0.462 e. The highest BCUT2D eigenvalue weighted by molar-refractivity contribution is 7.88. The van der Waals surface area contributed by atoms with E-state index in [1.54, 1.807) is 36.6 Å². The van der Waals surface area contributed by atoms with Gasteiger partial charge in [0.2, 0.25) is 10.0 Å². The number of ketones is 1. The molecule has 47 heavy (non-hydrogen) atoms. The zero-order valence-corrected chi connectivity index (χ0v) is 28.1. The molecule has 0 aromatic heterocycles. The van der Waals surface area contributed by atoms with Crippen LogP contribution in [0.3, 0.4) is 0 Å². The number of halogens is 1. The SMILES string of the molecule is O=C1C=CC=C(C2=CN(CCN3CCC(c4ccc(Cl)cc4C(=O)NCCCCCNS(=O)(=O)Cc4ccccc4)CC3)C=CO2)C1. The van der Waals surface area contributed by atoms with E-state index in [4.69, 9.17) is 16.3 Å². The van der Waals surface area contributed by atoms with E-state index in [2.05, 4.69) is 19.8 Å². The van der Waals surface area contributed by atoms with Crippen molar-refractivity contribution in [3.05, 3.63) is 118 Å². The number of allylic oxidation sites excluding steroid dienone is 4. The van der Waals surface area contributed by atoms with Gasteiger partial charge in [0, 0.05) is 61.2 Å². The van der Waals surface area contributed by atoms with E-state index in [0.29, 0.717) is 42.3 Å². The molecular weight excluding hydrogens is 636 g/mol. The number of nitrogens with one attached hydrogen (secondary N) is 2. The highest BCUT2D eigenvalue weighted by atomic mass is 35.5. The van der Waals surface area contributed by atoms with Crippen molar-refractivity contribution in [2.75, 3.05) is 39.3 Å². The minimum atomic E-state index is -3.38. The van der Waals surface area contributed by atoms with E-state index in [1.165, 1.54) is 0 Å². The molecule has 1 aliphatic carbocycles. The van der Waals surface area contributed by atoms with Crippen molar-refractivity contribution in [1.82, 2.24) is 19.8 Å². The number of rotatable bonds is 15. The number of carbonyl (C=O) groups excluding carboxylic acids is 2. The number of unbranched alkanes of at least 4 members (excludes halogenated alkanes) is 2. The molecule has 0 radical (unpaired) electrons. The smallest absolute Gasteiger partial charge is 0.251 e. The van der Waals surface area contributed by atoms with Crippen LogP contribution in [-0.2, 0) is 25.3 Å². The van der Waals surface area contributed by atoms with Crippen LogP contribution >= 0.6 is 11.6 Å². The molecule has 0 saturated carbocycles. The first kappa shape index (κ1) is 34.6. The van der Waals surface area contributed by atoms with Gasteiger partial charge in [0.15, 0.2) is 5.78 Å². The van der Waals surface area contributed by atoms with Crippen molar-refractivity contribution < 1.29 is 22.7 Å². The van der Waals surface area contributed by atoms with E-state index in [-0.39, 0.29) is 23.4 Å². The predicted octanol–water partition coefficient (Wildman–Crippen LogP) is 5.64. The first-order valence-electron chi connectivity index (χ1n) is 16.3. The minimum Gasteiger partial charge on any atom is -0.462 e. The number of nitrogens with zero attached hydrogens (tertiary/aromatic N) is 2. The summed E-state index contributed by atoms with van der Waals surface area (Å²) in [5.41, 5.74) is 3.31. The summed E-state index contributed by atoms with van der Waals surface area (Å²) in [6.45, 7) is 4.44. The zero-order chi connectivity index (χ0) is 33.1. The molecule has 1 amide bonds. The predicted molar refractivity (Wildman–Crippen MR) is 185 cm³/mol. The average molecular weight is 679 g/mol. The van der Waals surface area contributed by atoms with E-state index in [1.807, 2.05) is 48.8 Å². The van der Waals surface area contributed by atoms with Crippen molar-refractivity contribution in [3.8, 4) is 0 Å². The number of carbonyl (C=O) groups is 2. The van der Waals surface area contributed by atoms with Gasteiger partial charge in [-0.15, -0.1) is 0 Å². The van der Waals surface area contributed by atoms with E-state index in [0.717, 1.165) is 68.6 Å². The lowest BCUT2D eigenvalue weighted by atomic mass is 9.86. The number of piperidine rings is 1. The van der Waals surface area contributed by atoms with Gasteiger partial charge in [-0.2, -0.15) is 0 Å². The molecule has 2 N–H and O–H groups in total. The normalized spacial score (nSPS) is 17.3. The molecule has 0 spiro atoms. The van der Waals surface area contributed by atoms with Crippen molar-refractivity contribution in [1.29, 1.82) is 0 Å². The maximum Gasteiger partial charge on any atom is 0.251 e. The maximum atomic E-state index is 13.2. The van der Waals surface area contributed by atoms with Crippen LogP contribution in [0, 0.1) is 0 Å². The van der Waals surface area contributed by atoms with Crippen LogP contribution in [0.4, 0.5) is 0 Å². The third-order valence-corrected chi connectivity index (χ3v) is 10.2. The van der Waals surface area contributed by atoms with Crippen molar-refractivity contribution >= 4 is 33.3 Å². The molecule has 250 valence electrons. The highest BCUT2D eigenvalue weighted by Gasteiger charge is 2.25. The number of likely N-dealkylation sites (tertiary alicyclic amines) is 1. The summed E-state index contributed by atoms with van der Waals surface area (Å²) in [6, 6.07) is 14.7. The second-order valence-electron chi connectivity index (χ2n) is 12.1. The van der Waals surface area contributed by atoms with Gasteiger partial charge >= 0.3 is 0 Å².